The van der Waals surface area contributed by atoms with Gasteiger partial charge < -0.3 is 4.90 Å². The number of nitrogens with zero attached hydrogens (tertiary/aromatic N) is 1. The minimum atomic E-state index is 0.305. The maximum atomic E-state index is 12.3. The van der Waals surface area contributed by atoms with Gasteiger partial charge in [-0.2, -0.15) is 0 Å². The van der Waals surface area contributed by atoms with Gasteiger partial charge in [0.15, 0.2) is 5.78 Å². The number of hydrogen-bond donors (Lipinski definition) is 0. The third-order valence-electron chi connectivity index (χ3n) is 4.53. The smallest absolute Gasteiger partial charge is 0.164 e. The molecule has 0 spiro atoms. The minimum absolute atomic E-state index is 0.305. The molecule has 0 heterocycles. The van der Waals surface area contributed by atoms with Crippen LogP contribution >= 0.6 is 0 Å². The van der Waals surface area contributed by atoms with Gasteiger partial charge in [0.2, 0.25) is 0 Å². The average Bonchev–Trinajstić information content (AvgIpc) is 3.32. The summed E-state index contributed by atoms with van der Waals surface area (Å²) in [6.45, 7) is 5.41. The standard InChI is InChI=1S/C18H25NO/c1-14-4-2-3-5-17(14)18(20)10-11-19(12-15-6-7-15)13-16-8-9-16/h2-5,15-16H,6-13H2,1H3. The Morgan fingerprint density at radius 2 is 1.70 bits per heavy atom. The molecule has 0 atom stereocenters. The molecule has 1 aromatic rings. The van der Waals surface area contributed by atoms with Crippen LogP contribution in [0.5, 0.6) is 0 Å². The Hall–Kier alpha value is -1.15. The van der Waals surface area contributed by atoms with E-state index in [1.54, 1.807) is 0 Å². The largest absolute Gasteiger partial charge is 0.302 e. The van der Waals surface area contributed by atoms with Gasteiger partial charge in [0.25, 0.3) is 0 Å². The molecule has 2 fully saturated rings. The number of ketones is 1. The lowest BCUT2D eigenvalue weighted by molar-refractivity contribution is 0.0960. The van der Waals surface area contributed by atoms with Gasteiger partial charge >= 0.3 is 0 Å². The zero-order chi connectivity index (χ0) is 13.9. The van der Waals surface area contributed by atoms with Crippen LogP contribution in [-0.2, 0) is 0 Å². The van der Waals surface area contributed by atoms with Gasteiger partial charge in [-0.1, -0.05) is 24.3 Å². The summed E-state index contributed by atoms with van der Waals surface area (Å²) in [6.07, 6.45) is 6.25. The van der Waals surface area contributed by atoms with Crippen molar-refractivity contribution in [2.45, 2.75) is 39.0 Å². The first kappa shape index (κ1) is 13.8. The molecule has 0 radical (unpaired) electrons. The molecule has 0 unspecified atom stereocenters. The monoisotopic (exact) mass is 271 g/mol. The van der Waals surface area contributed by atoms with Gasteiger partial charge in [0, 0.05) is 31.6 Å². The molecule has 1 aromatic carbocycles. The maximum absolute atomic E-state index is 12.3. The molecule has 2 aliphatic rings. The van der Waals surface area contributed by atoms with Crippen molar-refractivity contribution in [1.82, 2.24) is 4.90 Å². The number of rotatable bonds is 8. The first-order valence-electron chi connectivity index (χ1n) is 8.03. The van der Waals surface area contributed by atoms with Crippen LogP contribution in [0.15, 0.2) is 24.3 Å². The fourth-order valence-electron chi connectivity index (χ4n) is 2.87. The Balaban J connectivity index is 1.52. The highest BCUT2D eigenvalue weighted by atomic mass is 16.1. The van der Waals surface area contributed by atoms with Gasteiger partial charge in [-0.15, -0.1) is 0 Å². The van der Waals surface area contributed by atoms with E-state index in [2.05, 4.69) is 4.90 Å². The molecule has 2 heteroatoms. The lowest BCUT2D eigenvalue weighted by Crippen LogP contribution is -2.30. The zero-order valence-electron chi connectivity index (χ0n) is 12.5. The van der Waals surface area contributed by atoms with Crippen LogP contribution in [0.1, 0.15) is 48.0 Å². The summed E-state index contributed by atoms with van der Waals surface area (Å²) >= 11 is 0. The van der Waals surface area contributed by atoms with Crippen molar-refractivity contribution in [3.8, 4) is 0 Å². The molecular weight excluding hydrogens is 246 g/mol. The zero-order valence-corrected chi connectivity index (χ0v) is 12.5. The van der Waals surface area contributed by atoms with Crippen molar-refractivity contribution in [2.75, 3.05) is 19.6 Å². The first-order valence-corrected chi connectivity index (χ1v) is 8.03. The third-order valence-corrected chi connectivity index (χ3v) is 4.53. The fourth-order valence-corrected chi connectivity index (χ4v) is 2.87. The summed E-state index contributed by atoms with van der Waals surface area (Å²) in [6, 6.07) is 7.95. The van der Waals surface area contributed by atoms with E-state index in [-0.39, 0.29) is 0 Å². The van der Waals surface area contributed by atoms with Gasteiger partial charge in [-0.25, -0.2) is 0 Å². The Morgan fingerprint density at radius 3 is 2.25 bits per heavy atom. The predicted octanol–water partition coefficient (Wildman–Crippen LogP) is 3.69. The number of benzene rings is 1. The van der Waals surface area contributed by atoms with Crippen molar-refractivity contribution < 1.29 is 4.79 Å². The highest BCUT2D eigenvalue weighted by Crippen LogP contribution is 2.33. The Kier molecular flexibility index (Phi) is 4.21. The number of aryl methyl sites for hydroxylation is 1. The second-order valence-corrected chi connectivity index (χ2v) is 6.63. The van der Waals surface area contributed by atoms with Crippen molar-refractivity contribution in [1.29, 1.82) is 0 Å². The van der Waals surface area contributed by atoms with Crippen LogP contribution in [0.2, 0.25) is 0 Å². The Morgan fingerprint density at radius 1 is 1.10 bits per heavy atom. The third kappa shape index (κ3) is 3.92. The molecule has 2 nitrogen and oxygen atoms in total. The van der Waals surface area contributed by atoms with E-state index >= 15 is 0 Å². The summed E-state index contributed by atoms with van der Waals surface area (Å²) in [4.78, 5) is 14.9. The summed E-state index contributed by atoms with van der Waals surface area (Å²) in [5, 5.41) is 0. The first-order chi connectivity index (χ1) is 9.72. The maximum Gasteiger partial charge on any atom is 0.164 e. The number of hydrogen-bond acceptors (Lipinski definition) is 2. The van der Waals surface area contributed by atoms with Crippen molar-refractivity contribution in [3.63, 3.8) is 0 Å². The predicted molar refractivity (Wildman–Crippen MR) is 82.0 cm³/mol. The van der Waals surface area contributed by atoms with Crippen LogP contribution in [0, 0.1) is 18.8 Å². The van der Waals surface area contributed by atoms with E-state index < -0.39 is 0 Å². The van der Waals surface area contributed by atoms with Gasteiger partial charge in [-0.05, 0) is 50.0 Å². The second-order valence-electron chi connectivity index (χ2n) is 6.63. The van der Waals surface area contributed by atoms with E-state index in [4.69, 9.17) is 0 Å². The van der Waals surface area contributed by atoms with Gasteiger partial charge in [0.05, 0.1) is 0 Å². The molecule has 0 saturated heterocycles. The van der Waals surface area contributed by atoms with E-state index in [0.29, 0.717) is 12.2 Å². The molecule has 3 rings (SSSR count). The normalized spacial score (nSPS) is 18.5. The van der Waals surface area contributed by atoms with E-state index in [1.165, 1.54) is 38.8 Å². The minimum Gasteiger partial charge on any atom is -0.302 e. The van der Waals surface area contributed by atoms with Crippen molar-refractivity contribution >= 4 is 5.78 Å². The molecule has 0 aliphatic heterocycles. The molecule has 0 amide bonds. The number of carbonyl (C=O) groups excluding carboxylic acids is 1. The highest BCUT2D eigenvalue weighted by Gasteiger charge is 2.29. The highest BCUT2D eigenvalue weighted by molar-refractivity contribution is 5.97. The van der Waals surface area contributed by atoms with E-state index in [9.17, 15) is 4.79 Å². The molecular formula is C18H25NO. The summed E-state index contributed by atoms with van der Waals surface area (Å²) < 4.78 is 0. The van der Waals surface area contributed by atoms with Gasteiger partial charge in [0.1, 0.15) is 0 Å². The number of carbonyl (C=O) groups is 1. The van der Waals surface area contributed by atoms with Crippen molar-refractivity contribution in [3.05, 3.63) is 35.4 Å². The Labute approximate surface area is 122 Å². The van der Waals surface area contributed by atoms with Crippen molar-refractivity contribution in [2.24, 2.45) is 11.8 Å². The van der Waals surface area contributed by atoms with Crippen LogP contribution in [0.3, 0.4) is 0 Å². The lowest BCUT2D eigenvalue weighted by atomic mass is 10.0. The average molecular weight is 271 g/mol. The van der Waals surface area contributed by atoms with Crippen LogP contribution < -0.4 is 0 Å². The SMILES string of the molecule is Cc1ccccc1C(=O)CCN(CC1CC1)CC1CC1. The summed E-state index contributed by atoms with van der Waals surface area (Å²) in [5.41, 5.74) is 2.01. The molecule has 2 saturated carbocycles. The van der Waals surface area contributed by atoms with Crippen LogP contribution in [0.4, 0.5) is 0 Å². The van der Waals surface area contributed by atoms with Crippen LogP contribution in [-0.4, -0.2) is 30.3 Å². The lowest BCUT2D eigenvalue weighted by Gasteiger charge is -2.21. The number of Topliss-reactive ketones (excluding diaryl/α,β-unsaturated/α-hetero) is 1. The topological polar surface area (TPSA) is 20.3 Å². The molecule has 0 bridgehead atoms. The summed E-state index contributed by atoms with van der Waals surface area (Å²) in [7, 11) is 0. The molecule has 0 N–H and O–H groups in total. The van der Waals surface area contributed by atoms with Gasteiger partial charge in [-0.3, -0.25) is 4.79 Å². The second kappa shape index (κ2) is 6.09. The molecule has 108 valence electrons. The molecule has 20 heavy (non-hydrogen) atoms. The molecule has 2 aliphatic carbocycles. The fraction of sp³-hybridized carbons (Fsp3) is 0.611. The molecule has 0 aromatic heterocycles. The Bertz CT molecular complexity index is 460. The van der Waals surface area contributed by atoms with Crippen LogP contribution in [0.25, 0.3) is 0 Å². The van der Waals surface area contributed by atoms with E-state index in [1.807, 2.05) is 31.2 Å². The summed E-state index contributed by atoms with van der Waals surface area (Å²) in [5.74, 6) is 2.14. The van der Waals surface area contributed by atoms with E-state index in [0.717, 1.165) is 29.5 Å². The quantitative estimate of drug-likeness (QED) is 0.672.